The summed E-state index contributed by atoms with van der Waals surface area (Å²) in [5.41, 5.74) is 1.76. The Hall–Kier alpha value is -2.87. The van der Waals surface area contributed by atoms with E-state index in [1.165, 1.54) is 32.4 Å². The molecule has 1 N–H and O–H groups in total. The van der Waals surface area contributed by atoms with Gasteiger partial charge in [-0.05, 0) is 52.2 Å². The second-order valence-corrected chi connectivity index (χ2v) is 6.17. The number of nitrogens with zero attached hydrogens (tertiary/aromatic N) is 1. The van der Waals surface area contributed by atoms with Crippen LogP contribution in [-0.4, -0.2) is 25.1 Å². The quantitative estimate of drug-likeness (QED) is 0.426. The molecule has 0 aliphatic heterocycles. The largest absolute Gasteiger partial charge is 0.493 e. The maximum absolute atomic E-state index is 12.1. The Morgan fingerprint density at radius 1 is 1.23 bits per heavy atom. The summed E-state index contributed by atoms with van der Waals surface area (Å²) in [6.45, 7) is 1.76. The van der Waals surface area contributed by atoms with Gasteiger partial charge in [-0.25, -0.2) is 0 Å². The summed E-state index contributed by atoms with van der Waals surface area (Å²) in [6, 6.07) is 7.81. The van der Waals surface area contributed by atoms with Gasteiger partial charge in [0.15, 0.2) is 11.5 Å². The van der Waals surface area contributed by atoms with Gasteiger partial charge in [0.1, 0.15) is 0 Å². The number of nitro groups is 1. The van der Waals surface area contributed by atoms with Gasteiger partial charge in [0.2, 0.25) is 5.91 Å². The van der Waals surface area contributed by atoms with Crippen LogP contribution >= 0.6 is 15.9 Å². The van der Waals surface area contributed by atoms with Crippen LogP contribution < -0.4 is 14.8 Å². The van der Waals surface area contributed by atoms with E-state index in [0.717, 1.165) is 11.1 Å². The van der Waals surface area contributed by atoms with E-state index in [2.05, 4.69) is 21.2 Å². The molecule has 7 nitrogen and oxygen atoms in total. The smallest absolute Gasteiger partial charge is 0.271 e. The van der Waals surface area contributed by atoms with E-state index in [1.807, 2.05) is 0 Å². The normalized spacial score (nSPS) is 10.6. The molecular formula is C18H17BrN2O5. The van der Waals surface area contributed by atoms with Crippen molar-refractivity contribution in [2.45, 2.75) is 6.92 Å². The zero-order valence-electron chi connectivity index (χ0n) is 14.4. The van der Waals surface area contributed by atoms with Crippen LogP contribution in [0.4, 0.5) is 11.4 Å². The number of benzene rings is 2. The summed E-state index contributed by atoms with van der Waals surface area (Å²) >= 11 is 3.39. The Balaban J connectivity index is 2.19. The Morgan fingerprint density at radius 3 is 2.58 bits per heavy atom. The van der Waals surface area contributed by atoms with E-state index in [-0.39, 0.29) is 5.69 Å². The zero-order chi connectivity index (χ0) is 19.3. The van der Waals surface area contributed by atoms with Crippen molar-refractivity contribution in [2.24, 2.45) is 0 Å². The first-order valence-electron chi connectivity index (χ1n) is 7.51. The average Bonchev–Trinajstić information content (AvgIpc) is 2.61. The molecule has 0 fully saturated rings. The predicted molar refractivity (Wildman–Crippen MR) is 103 cm³/mol. The molecule has 0 atom stereocenters. The summed E-state index contributed by atoms with van der Waals surface area (Å²) in [4.78, 5) is 22.5. The minimum atomic E-state index is -0.508. The second-order valence-electron chi connectivity index (χ2n) is 5.32. The Kier molecular flexibility index (Phi) is 6.35. The van der Waals surface area contributed by atoms with Crippen molar-refractivity contribution in [3.05, 3.63) is 62.1 Å². The van der Waals surface area contributed by atoms with Crippen LogP contribution in [0.25, 0.3) is 6.08 Å². The molecule has 136 valence electrons. The minimum absolute atomic E-state index is 0.0845. The van der Waals surface area contributed by atoms with Crippen molar-refractivity contribution in [3.63, 3.8) is 0 Å². The summed E-state index contributed by atoms with van der Waals surface area (Å²) in [6.07, 6.45) is 2.95. The first-order valence-corrected chi connectivity index (χ1v) is 8.30. The van der Waals surface area contributed by atoms with E-state index in [0.29, 0.717) is 21.7 Å². The monoisotopic (exact) mass is 420 g/mol. The van der Waals surface area contributed by atoms with E-state index < -0.39 is 10.8 Å². The van der Waals surface area contributed by atoms with Crippen LogP contribution in [0.3, 0.4) is 0 Å². The number of carbonyl (C=O) groups excluding carboxylic acids is 1. The lowest BCUT2D eigenvalue weighted by Crippen LogP contribution is -2.09. The lowest BCUT2D eigenvalue weighted by atomic mass is 10.1. The molecule has 0 aromatic heterocycles. The molecule has 0 bridgehead atoms. The van der Waals surface area contributed by atoms with Crippen LogP contribution in [-0.2, 0) is 4.79 Å². The molecule has 0 aliphatic rings. The molecule has 0 spiro atoms. The van der Waals surface area contributed by atoms with Crippen molar-refractivity contribution in [3.8, 4) is 11.5 Å². The number of carbonyl (C=O) groups is 1. The SMILES string of the molecule is COc1cc(/C=C/C(=O)Nc2cc([N+](=O)[O-])ccc2C)cc(Br)c1OC. The van der Waals surface area contributed by atoms with Crippen LogP contribution in [0.2, 0.25) is 0 Å². The highest BCUT2D eigenvalue weighted by atomic mass is 79.9. The highest BCUT2D eigenvalue weighted by Gasteiger charge is 2.11. The van der Waals surface area contributed by atoms with Gasteiger partial charge in [-0.2, -0.15) is 0 Å². The highest BCUT2D eigenvalue weighted by molar-refractivity contribution is 9.10. The molecule has 1 amide bonds. The number of non-ortho nitro benzene ring substituents is 1. The molecular weight excluding hydrogens is 404 g/mol. The maximum Gasteiger partial charge on any atom is 0.271 e. The average molecular weight is 421 g/mol. The summed E-state index contributed by atoms with van der Waals surface area (Å²) in [5, 5.41) is 13.5. The molecule has 26 heavy (non-hydrogen) atoms. The number of halogens is 1. The first-order chi connectivity index (χ1) is 12.3. The number of hydrogen-bond acceptors (Lipinski definition) is 5. The van der Waals surface area contributed by atoms with Gasteiger partial charge >= 0.3 is 0 Å². The standard InChI is InChI=1S/C18H17BrN2O5/c1-11-4-6-13(21(23)24)10-15(11)20-17(22)7-5-12-8-14(19)18(26-3)16(9-12)25-2/h4-10H,1-3H3,(H,20,22)/b7-5+. The van der Waals surface area contributed by atoms with Crippen molar-refractivity contribution < 1.29 is 19.2 Å². The summed E-state index contributed by atoms with van der Waals surface area (Å²) < 4.78 is 11.2. The summed E-state index contributed by atoms with van der Waals surface area (Å²) in [5.74, 6) is 0.678. The van der Waals surface area contributed by atoms with E-state index >= 15 is 0 Å². The number of ether oxygens (including phenoxy) is 2. The number of anilines is 1. The van der Waals surface area contributed by atoms with E-state index in [9.17, 15) is 14.9 Å². The number of methoxy groups -OCH3 is 2. The lowest BCUT2D eigenvalue weighted by molar-refractivity contribution is -0.384. The fourth-order valence-corrected chi connectivity index (χ4v) is 2.86. The number of rotatable bonds is 6. The number of nitrogens with one attached hydrogen (secondary N) is 1. The molecule has 2 rings (SSSR count). The number of nitro benzene ring substituents is 1. The topological polar surface area (TPSA) is 90.7 Å². The Bertz CT molecular complexity index is 880. The van der Waals surface area contributed by atoms with Crippen LogP contribution in [0, 0.1) is 17.0 Å². The molecule has 0 unspecified atom stereocenters. The molecule has 0 radical (unpaired) electrons. The number of aryl methyl sites for hydroxylation is 1. The van der Waals surface area contributed by atoms with Gasteiger partial charge < -0.3 is 14.8 Å². The number of amides is 1. The first kappa shape index (κ1) is 19.5. The lowest BCUT2D eigenvalue weighted by Gasteiger charge is -2.10. The third-order valence-electron chi connectivity index (χ3n) is 3.57. The molecule has 0 saturated heterocycles. The molecule has 0 saturated carbocycles. The van der Waals surface area contributed by atoms with Crippen molar-refractivity contribution in [1.29, 1.82) is 0 Å². The van der Waals surface area contributed by atoms with Crippen molar-refractivity contribution in [2.75, 3.05) is 19.5 Å². The van der Waals surface area contributed by atoms with Crippen molar-refractivity contribution >= 4 is 39.3 Å². The fourth-order valence-electron chi connectivity index (χ4n) is 2.24. The maximum atomic E-state index is 12.1. The van der Waals surface area contributed by atoms with Crippen LogP contribution in [0.15, 0.2) is 40.9 Å². The number of hydrogen-bond donors (Lipinski definition) is 1. The fraction of sp³-hybridized carbons (Fsp3) is 0.167. The van der Waals surface area contributed by atoms with Gasteiger partial charge in [0.25, 0.3) is 5.69 Å². The van der Waals surface area contributed by atoms with E-state index in [4.69, 9.17) is 9.47 Å². The van der Waals surface area contributed by atoms with E-state index in [1.54, 1.807) is 31.2 Å². The summed E-state index contributed by atoms with van der Waals surface area (Å²) in [7, 11) is 3.06. The molecule has 0 aliphatic carbocycles. The molecule has 2 aromatic rings. The zero-order valence-corrected chi connectivity index (χ0v) is 16.0. The molecule has 2 aromatic carbocycles. The molecule has 0 heterocycles. The third kappa shape index (κ3) is 4.60. The van der Waals surface area contributed by atoms with Gasteiger partial charge in [-0.15, -0.1) is 0 Å². The Labute approximate surface area is 158 Å². The minimum Gasteiger partial charge on any atom is -0.493 e. The third-order valence-corrected chi connectivity index (χ3v) is 4.16. The van der Waals surface area contributed by atoms with Crippen LogP contribution in [0.5, 0.6) is 11.5 Å². The van der Waals surface area contributed by atoms with Gasteiger partial charge in [0, 0.05) is 18.2 Å². The van der Waals surface area contributed by atoms with Crippen molar-refractivity contribution in [1.82, 2.24) is 0 Å². The van der Waals surface area contributed by atoms with Crippen LogP contribution in [0.1, 0.15) is 11.1 Å². The van der Waals surface area contributed by atoms with Gasteiger partial charge in [0.05, 0.1) is 29.3 Å². The second kappa shape index (κ2) is 8.48. The highest BCUT2D eigenvalue weighted by Crippen LogP contribution is 2.36. The van der Waals surface area contributed by atoms with Gasteiger partial charge in [-0.3, -0.25) is 14.9 Å². The predicted octanol–water partition coefficient (Wildman–Crippen LogP) is 4.33. The van der Waals surface area contributed by atoms with Gasteiger partial charge in [-0.1, -0.05) is 6.07 Å². The Morgan fingerprint density at radius 2 is 1.96 bits per heavy atom. The molecule has 8 heteroatoms.